The number of esters is 1. The van der Waals surface area contributed by atoms with Gasteiger partial charge in [-0.15, -0.1) is 0 Å². The zero-order valence-electron chi connectivity index (χ0n) is 16.6. The molecule has 0 saturated carbocycles. The Hall–Kier alpha value is -3.81. The van der Waals surface area contributed by atoms with Gasteiger partial charge in [-0.25, -0.2) is 9.78 Å². The largest absolute Gasteiger partial charge is 0.427 e. The van der Waals surface area contributed by atoms with E-state index in [1.807, 2.05) is 13.8 Å². The number of amides is 2. The number of aromatic nitrogens is 1. The lowest BCUT2D eigenvalue weighted by Crippen LogP contribution is -2.33. The van der Waals surface area contributed by atoms with Crippen molar-refractivity contribution in [1.82, 2.24) is 9.88 Å². The minimum absolute atomic E-state index is 0.0260. The first kappa shape index (κ1) is 19.5. The lowest BCUT2D eigenvalue weighted by molar-refractivity contribution is -0.131. The molecule has 1 aliphatic rings. The van der Waals surface area contributed by atoms with Crippen molar-refractivity contribution in [2.45, 2.75) is 20.8 Å². The Morgan fingerprint density at radius 3 is 2.50 bits per heavy atom. The van der Waals surface area contributed by atoms with Gasteiger partial charge in [-0.1, -0.05) is 13.8 Å². The summed E-state index contributed by atoms with van der Waals surface area (Å²) in [6.07, 6.45) is 0. The predicted octanol–water partition coefficient (Wildman–Crippen LogP) is 3.03. The van der Waals surface area contributed by atoms with Crippen molar-refractivity contribution < 1.29 is 23.5 Å². The molecule has 0 radical (unpaired) electrons. The number of carbonyl (C=O) groups is 3. The molecule has 30 heavy (non-hydrogen) atoms. The number of benzene rings is 2. The lowest BCUT2D eigenvalue weighted by Gasteiger charge is -2.15. The van der Waals surface area contributed by atoms with Crippen LogP contribution < -0.4 is 10.4 Å². The average Bonchev–Trinajstić information content (AvgIpc) is 2.92. The normalized spacial score (nSPS) is 13.3. The zero-order chi connectivity index (χ0) is 21.6. The van der Waals surface area contributed by atoms with E-state index >= 15 is 0 Å². The van der Waals surface area contributed by atoms with Crippen LogP contribution in [0.4, 0.5) is 0 Å². The van der Waals surface area contributed by atoms with Gasteiger partial charge in [-0.2, -0.15) is 0 Å². The molecule has 8 heteroatoms. The zero-order valence-corrected chi connectivity index (χ0v) is 16.6. The summed E-state index contributed by atoms with van der Waals surface area (Å²) >= 11 is 0. The third kappa shape index (κ3) is 3.36. The van der Waals surface area contributed by atoms with Crippen molar-refractivity contribution in [1.29, 1.82) is 0 Å². The highest BCUT2D eigenvalue weighted by atomic mass is 16.5. The smallest absolute Gasteiger partial charge is 0.347 e. The Bertz CT molecular complexity index is 1270. The van der Waals surface area contributed by atoms with E-state index in [1.165, 1.54) is 30.0 Å². The summed E-state index contributed by atoms with van der Waals surface area (Å²) in [7, 11) is 0. The topological polar surface area (TPSA) is 107 Å². The van der Waals surface area contributed by atoms with Crippen LogP contribution in [0.3, 0.4) is 0 Å². The van der Waals surface area contributed by atoms with Crippen LogP contribution in [0.1, 0.15) is 41.5 Å². The van der Waals surface area contributed by atoms with Crippen LogP contribution >= 0.6 is 0 Å². The van der Waals surface area contributed by atoms with Crippen molar-refractivity contribution in [3.05, 3.63) is 57.9 Å². The summed E-state index contributed by atoms with van der Waals surface area (Å²) in [6.45, 7) is 5.44. The molecular weight excluding hydrogens is 388 g/mol. The van der Waals surface area contributed by atoms with Crippen LogP contribution in [0.25, 0.3) is 22.4 Å². The van der Waals surface area contributed by atoms with Crippen molar-refractivity contribution in [2.75, 3.05) is 6.54 Å². The van der Waals surface area contributed by atoms with Crippen LogP contribution in [0.5, 0.6) is 5.75 Å². The van der Waals surface area contributed by atoms with E-state index < -0.39 is 11.6 Å². The van der Waals surface area contributed by atoms with Gasteiger partial charge in [-0.05, 0) is 42.3 Å². The third-order valence-electron chi connectivity index (χ3n) is 4.63. The second kappa shape index (κ2) is 7.22. The van der Waals surface area contributed by atoms with Gasteiger partial charge >= 0.3 is 11.6 Å². The molecule has 4 rings (SSSR count). The van der Waals surface area contributed by atoms with Gasteiger partial charge in [-0.3, -0.25) is 19.3 Å². The Morgan fingerprint density at radius 2 is 1.80 bits per heavy atom. The molecule has 8 nitrogen and oxygen atoms in total. The number of carbonyl (C=O) groups excluding carboxylic acids is 3. The molecule has 0 saturated heterocycles. The lowest BCUT2D eigenvalue weighted by atomic mass is 10.1. The molecule has 2 aromatic carbocycles. The summed E-state index contributed by atoms with van der Waals surface area (Å²) in [4.78, 5) is 54.3. The summed E-state index contributed by atoms with van der Waals surface area (Å²) < 4.78 is 10.3. The molecule has 0 bridgehead atoms. The molecule has 2 amide bonds. The number of nitrogens with zero attached hydrogens (tertiary/aromatic N) is 2. The number of hydrogen-bond acceptors (Lipinski definition) is 7. The maximum atomic E-state index is 12.7. The molecule has 1 aromatic heterocycles. The Kier molecular flexibility index (Phi) is 4.69. The number of rotatable bonds is 4. The van der Waals surface area contributed by atoms with Crippen LogP contribution in [0.2, 0.25) is 0 Å². The fourth-order valence-electron chi connectivity index (χ4n) is 3.36. The van der Waals surface area contributed by atoms with Crippen molar-refractivity contribution in [3.8, 4) is 17.2 Å². The van der Waals surface area contributed by atoms with E-state index in [0.717, 1.165) is 0 Å². The third-order valence-corrected chi connectivity index (χ3v) is 4.63. The highest BCUT2D eigenvalue weighted by Gasteiger charge is 2.36. The summed E-state index contributed by atoms with van der Waals surface area (Å²) in [5, 5.41) is 0.160. The highest BCUT2D eigenvalue weighted by molar-refractivity contribution is 6.21. The fraction of sp³-hybridized carbons (Fsp3) is 0.227. The quantitative estimate of drug-likeness (QED) is 0.372. The predicted molar refractivity (Wildman–Crippen MR) is 107 cm³/mol. The van der Waals surface area contributed by atoms with Crippen LogP contribution in [0, 0.1) is 5.92 Å². The Morgan fingerprint density at radius 1 is 1.07 bits per heavy atom. The highest BCUT2D eigenvalue weighted by Crippen LogP contribution is 2.29. The van der Waals surface area contributed by atoms with Gasteiger partial charge in [0.05, 0.1) is 22.0 Å². The van der Waals surface area contributed by atoms with E-state index in [-0.39, 0.29) is 40.3 Å². The van der Waals surface area contributed by atoms with Gasteiger partial charge < -0.3 is 9.15 Å². The molecule has 152 valence electrons. The molecule has 0 atom stereocenters. The summed E-state index contributed by atoms with van der Waals surface area (Å²) in [5.74, 6) is -0.835. The van der Waals surface area contributed by atoms with E-state index in [0.29, 0.717) is 23.2 Å². The van der Waals surface area contributed by atoms with Crippen LogP contribution in [0.15, 0.2) is 45.6 Å². The van der Waals surface area contributed by atoms with E-state index in [4.69, 9.17) is 9.15 Å². The van der Waals surface area contributed by atoms with Crippen molar-refractivity contribution in [2.24, 2.45) is 5.92 Å². The van der Waals surface area contributed by atoms with Gasteiger partial charge in [0.1, 0.15) is 5.75 Å². The standard InChI is InChI=1S/C22H18N2O6/c1-11(2)10-24-20(26)15-6-4-13(8-16(15)21(24)27)19-23-18-7-5-14(29-12(3)25)9-17(18)22(28)30-19/h4-9,11H,10H2,1-3H3. The summed E-state index contributed by atoms with van der Waals surface area (Å²) in [6, 6.07) is 9.09. The first-order chi connectivity index (χ1) is 14.2. The molecule has 0 spiro atoms. The second-order valence-corrected chi connectivity index (χ2v) is 7.45. The van der Waals surface area contributed by atoms with Crippen LogP contribution in [-0.2, 0) is 4.79 Å². The van der Waals surface area contributed by atoms with E-state index in [1.54, 1.807) is 18.2 Å². The molecule has 2 heterocycles. The number of ether oxygens (including phenoxy) is 1. The second-order valence-electron chi connectivity index (χ2n) is 7.45. The minimum Gasteiger partial charge on any atom is -0.427 e. The van der Waals surface area contributed by atoms with Crippen molar-refractivity contribution in [3.63, 3.8) is 0 Å². The van der Waals surface area contributed by atoms with E-state index in [2.05, 4.69) is 4.98 Å². The number of hydrogen-bond donors (Lipinski definition) is 0. The number of fused-ring (bicyclic) bond motifs is 2. The maximum absolute atomic E-state index is 12.7. The average molecular weight is 406 g/mol. The maximum Gasteiger partial charge on any atom is 0.347 e. The fourth-order valence-corrected chi connectivity index (χ4v) is 3.36. The van der Waals surface area contributed by atoms with Gasteiger partial charge in [0.2, 0.25) is 5.89 Å². The summed E-state index contributed by atoms with van der Waals surface area (Å²) in [5.41, 5.74) is 0.672. The van der Waals surface area contributed by atoms with Crippen LogP contribution in [-0.4, -0.2) is 34.2 Å². The van der Waals surface area contributed by atoms with Gasteiger partial charge in [0, 0.05) is 19.0 Å². The molecule has 0 aliphatic carbocycles. The van der Waals surface area contributed by atoms with Gasteiger partial charge in [0.25, 0.3) is 11.8 Å². The molecule has 3 aromatic rings. The SMILES string of the molecule is CC(=O)Oc1ccc2nc(-c3ccc4c(c3)C(=O)N(CC(C)C)C4=O)oc(=O)c2c1. The van der Waals surface area contributed by atoms with Crippen molar-refractivity contribution >= 4 is 28.7 Å². The molecule has 0 N–H and O–H groups in total. The number of imide groups is 1. The minimum atomic E-state index is -0.659. The van der Waals surface area contributed by atoms with E-state index in [9.17, 15) is 19.2 Å². The molecular formula is C22H18N2O6. The Balaban J connectivity index is 1.75. The van der Waals surface area contributed by atoms with Gasteiger partial charge in [0.15, 0.2) is 0 Å². The first-order valence-electron chi connectivity index (χ1n) is 9.38. The first-order valence-corrected chi connectivity index (χ1v) is 9.38. The molecule has 1 aliphatic heterocycles. The Labute approximate surface area is 171 Å². The monoisotopic (exact) mass is 406 g/mol. The molecule has 0 fully saturated rings. The molecule has 0 unspecified atom stereocenters.